The fraction of sp³-hybridized carbons (Fsp3) is 0.267. The monoisotopic (exact) mass is 306 g/mol. The number of aromatic nitrogens is 1. The van der Waals surface area contributed by atoms with E-state index in [1.807, 2.05) is 0 Å². The summed E-state index contributed by atoms with van der Waals surface area (Å²) in [4.78, 5) is 14.1. The fourth-order valence-electron chi connectivity index (χ4n) is 1.84. The van der Waals surface area contributed by atoms with Gasteiger partial charge in [0.2, 0.25) is 0 Å². The Bertz CT molecular complexity index is 785. The van der Waals surface area contributed by atoms with Crippen LogP contribution in [0.5, 0.6) is 0 Å². The molecule has 0 radical (unpaired) electrons. The summed E-state index contributed by atoms with van der Waals surface area (Å²) in [5.74, 6) is 0. The lowest BCUT2D eigenvalue weighted by atomic mass is 9.87. The third-order valence-electron chi connectivity index (χ3n) is 3.09. The van der Waals surface area contributed by atoms with E-state index < -0.39 is 15.6 Å². The van der Waals surface area contributed by atoms with Crippen molar-refractivity contribution < 1.29 is 8.42 Å². The minimum Gasteiger partial charge on any atom is -0.327 e. The van der Waals surface area contributed by atoms with E-state index >= 15 is 0 Å². The zero-order valence-corrected chi connectivity index (χ0v) is 13.0. The molecule has 1 heterocycles. The van der Waals surface area contributed by atoms with Crippen molar-refractivity contribution in [1.82, 2.24) is 4.98 Å². The summed E-state index contributed by atoms with van der Waals surface area (Å²) in [6, 6.07) is 9.62. The van der Waals surface area contributed by atoms with Crippen molar-refractivity contribution in [1.29, 1.82) is 0 Å². The number of pyridine rings is 1. The van der Waals surface area contributed by atoms with Crippen LogP contribution in [0.15, 0.2) is 52.3 Å². The van der Waals surface area contributed by atoms with Crippen LogP contribution in [0.4, 0.5) is 5.69 Å². The number of rotatable bonds is 3. The van der Waals surface area contributed by atoms with Gasteiger partial charge in [-0.1, -0.05) is 32.9 Å². The summed E-state index contributed by atoms with van der Waals surface area (Å²) in [6.45, 7) is 6.16. The van der Waals surface area contributed by atoms with Gasteiger partial charge in [-0.15, -0.1) is 0 Å². The predicted molar refractivity (Wildman–Crippen MR) is 83.0 cm³/mol. The van der Waals surface area contributed by atoms with E-state index in [2.05, 4.69) is 30.5 Å². The van der Waals surface area contributed by atoms with Crippen LogP contribution in [0.25, 0.3) is 0 Å². The highest BCUT2D eigenvalue weighted by atomic mass is 32.2. The van der Waals surface area contributed by atoms with Crippen LogP contribution in [-0.4, -0.2) is 13.4 Å². The molecule has 0 aliphatic carbocycles. The van der Waals surface area contributed by atoms with Crippen molar-refractivity contribution in [2.24, 2.45) is 0 Å². The van der Waals surface area contributed by atoms with Crippen LogP contribution < -0.4 is 10.3 Å². The number of sulfonamides is 1. The lowest BCUT2D eigenvalue weighted by molar-refractivity contribution is 0.587. The van der Waals surface area contributed by atoms with Crippen LogP contribution in [0, 0.1) is 0 Å². The summed E-state index contributed by atoms with van der Waals surface area (Å²) in [5, 5.41) is 0. The van der Waals surface area contributed by atoms with Crippen LogP contribution in [0.2, 0.25) is 0 Å². The Kier molecular flexibility index (Phi) is 3.91. The highest BCUT2D eigenvalue weighted by Crippen LogP contribution is 2.23. The number of benzene rings is 1. The molecule has 0 spiro atoms. The zero-order chi connectivity index (χ0) is 15.7. The second kappa shape index (κ2) is 5.37. The summed E-state index contributed by atoms with van der Waals surface area (Å²) in [5.41, 5.74) is 0.510. The molecule has 0 aliphatic heterocycles. The normalized spacial score (nSPS) is 12.1. The Morgan fingerprint density at radius 2 is 1.67 bits per heavy atom. The average molecular weight is 306 g/mol. The molecule has 112 valence electrons. The molecule has 0 aliphatic rings. The van der Waals surface area contributed by atoms with E-state index in [1.54, 1.807) is 30.3 Å². The molecular weight excluding hydrogens is 288 g/mol. The number of aromatic amines is 1. The summed E-state index contributed by atoms with van der Waals surface area (Å²) in [6.07, 6.45) is 1.44. The van der Waals surface area contributed by atoms with Gasteiger partial charge in [0.05, 0.1) is 4.90 Å². The van der Waals surface area contributed by atoms with Crippen LogP contribution in [-0.2, 0) is 15.4 Å². The lowest BCUT2D eigenvalue weighted by Gasteiger charge is -2.19. The molecule has 2 aromatic rings. The topological polar surface area (TPSA) is 79.0 Å². The third-order valence-corrected chi connectivity index (χ3v) is 4.47. The Balaban J connectivity index is 2.33. The maximum absolute atomic E-state index is 12.3. The molecular formula is C15H18N2O3S. The molecule has 0 unspecified atom stereocenters. The van der Waals surface area contributed by atoms with Gasteiger partial charge in [0.1, 0.15) is 5.69 Å². The fourth-order valence-corrected chi connectivity index (χ4v) is 2.90. The number of H-pyrrole nitrogens is 1. The number of hydrogen-bond acceptors (Lipinski definition) is 3. The molecule has 0 fully saturated rings. The Hall–Kier alpha value is -2.08. The number of nitrogens with one attached hydrogen (secondary N) is 2. The first-order valence-electron chi connectivity index (χ1n) is 6.51. The molecule has 21 heavy (non-hydrogen) atoms. The molecule has 5 nitrogen and oxygen atoms in total. The van der Waals surface area contributed by atoms with Crippen molar-refractivity contribution in [3.05, 3.63) is 58.5 Å². The molecule has 2 N–H and O–H groups in total. The van der Waals surface area contributed by atoms with Gasteiger partial charge < -0.3 is 4.98 Å². The molecule has 2 rings (SSSR count). The molecule has 0 bridgehead atoms. The molecule has 1 aromatic carbocycles. The van der Waals surface area contributed by atoms with Gasteiger partial charge in [-0.2, -0.15) is 0 Å². The van der Waals surface area contributed by atoms with Gasteiger partial charge >= 0.3 is 0 Å². The zero-order valence-electron chi connectivity index (χ0n) is 12.2. The van der Waals surface area contributed by atoms with Crippen molar-refractivity contribution in [2.75, 3.05) is 4.72 Å². The second-order valence-corrected chi connectivity index (χ2v) is 7.48. The molecule has 6 heteroatoms. The molecule has 0 amide bonds. The van der Waals surface area contributed by atoms with Gasteiger partial charge in [0, 0.05) is 6.20 Å². The summed E-state index contributed by atoms with van der Waals surface area (Å²) in [7, 11) is -3.77. The Labute approximate surface area is 124 Å². The highest BCUT2D eigenvalue weighted by Gasteiger charge is 2.18. The minimum atomic E-state index is -3.77. The first kappa shape index (κ1) is 15.3. The SMILES string of the molecule is CC(C)(C)c1ccc(S(=O)(=O)Nc2ccc[nH]c2=O)cc1. The predicted octanol–water partition coefficient (Wildman–Crippen LogP) is 2.47. The largest absolute Gasteiger partial charge is 0.327 e. The molecule has 0 saturated carbocycles. The van der Waals surface area contributed by atoms with Crippen LogP contribution in [0.1, 0.15) is 26.3 Å². The minimum absolute atomic E-state index is 0.00241. The van der Waals surface area contributed by atoms with Gasteiger partial charge in [-0.3, -0.25) is 9.52 Å². The molecule has 0 saturated heterocycles. The van der Waals surface area contributed by atoms with Crippen molar-refractivity contribution in [3.63, 3.8) is 0 Å². The highest BCUT2D eigenvalue weighted by molar-refractivity contribution is 7.92. The van der Waals surface area contributed by atoms with E-state index in [1.165, 1.54) is 12.3 Å². The second-order valence-electron chi connectivity index (χ2n) is 5.79. The summed E-state index contributed by atoms with van der Waals surface area (Å²) < 4.78 is 26.8. The Morgan fingerprint density at radius 1 is 1.05 bits per heavy atom. The lowest BCUT2D eigenvalue weighted by Crippen LogP contribution is -2.20. The molecule has 1 aromatic heterocycles. The van der Waals surface area contributed by atoms with Gasteiger partial charge in [0.15, 0.2) is 0 Å². The van der Waals surface area contributed by atoms with Crippen molar-refractivity contribution >= 4 is 15.7 Å². The Morgan fingerprint density at radius 3 is 2.19 bits per heavy atom. The average Bonchev–Trinajstić information content (AvgIpc) is 2.40. The van der Waals surface area contributed by atoms with Gasteiger partial charge in [-0.25, -0.2) is 8.42 Å². The first-order chi connectivity index (χ1) is 9.70. The smallest absolute Gasteiger partial charge is 0.272 e. The van der Waals surface area contributed by atoms with E-state index in [4.69, 9.17) is 0 Å². The third kappa shape index (κ3) is 3.52. The number of hydrogen-bond donors (Lipinski definition) is 2. The first-order valence-corrected chi connectivity index (χ1v) is 7.99. The van der Waals surface area contributed by atoms with E-state index in [9.17, 15) is 13.2 Å². The number of anilines is 1. The quantitative estimate of drug-likeness (QED) is 0.914. The maximum Gasteiger partial charge on any atom is 0.272 e. The van der Waals surface area contributed by atoms with Crippen LogP contribution in [0.3, 0.4) is 0 Å². The van der Waals surface area contributed by atoms with Crippen molar-refractivity contribution in [2.45, 2.75) is 31.1 Å². The van der Waals surface area contributed by atoms with Crippen molar-refractivity contribution in [3.8, 4) is 0 Å². The van der Waals surface area contributed by atoms with Gasteiger partial charge in [0.25, 0.3) is 15.6 Å². The standard InChI is InChI=1S/C15H18N2O3S/c1-15(2,3)11-6-8-12(9-7-11)21(19,20)17-13-5-4-10-16-14(13)18/h4-10,17H,1-3H3,(H,16,18). The van der Waals surface area contributed by atoms with E-state index in [0.29, 0.717) is 0 Å². The van der Waals surface area contributed by atoms with E-state index in [0.717, 1.165) is 5.56 Å². The maximum atomic E-state index is 12.3. The summed E-state index contributed by atoms with van der Waals surface area (Å²) >= 11 is 0. The molecule has 0 atom stereocenters. The van der Waals surface area contributed by atoms with Gasteiger partial charge in [-0.05, 0) is 35.2 Å². The van der Waals surface area contributed by atoms with Crippen LogP contribution >= 0.6 is 0 Å². The van der Waals surface area contributed by atoms with E-state index in [-0.39, 0.29) is 16.0 Å².